The van der Waals surface area contributed by atoms with E-state index in [0.717, 1.165) is 16.3 Å². The van der Waals surface area contributed by atoms with Crippen molar-refractivity contribution in [2.24, 2.45) is 0 Å². The van der Waals surface area contributed by atoms with Gasteiger partial charge in [-0.15, -0.1) is 0 Å². The van der Waals surface area contributed by atoms with Gasteiger partial charge in [-0.3, -0.25) is 4.79 Å². The van der Waals surface area contributed by atoms with E-state index in [0.29, 0.717) is 17.9 Å². The van der Waals surface area contributed by atoms with Gasteiger partial charge >= 0.3 is 5.97 Å². The number of hydrogen-bond donors (Lipinski definition) is 1. The van der Waals surface area contributed by atoms with Gasteiger partial charge in [-0.1, -0.05) is 41.9 Å². The van der Waals surface area contributed by atoms with Gasteiger partial charge in [-0.25, -0.2) is 0 Å². The van der Waals surface area contributed by atoms with Crippen LogP contribution in [0.5, 0.6) is 0 Å². The summed E-state index contributed by atoms with van der Waals surface area (Å²) < 4.78 is 0. The van der Waals surface area contributed by atoms with Gasteiger partial charge < -0.3 is 5.11 Å². The number of carbonyl (C=O) groups is 1. The highest BCUT2D eigenvalue weighted by molar-refractivity contribution is 6.36. The molecule has 1 saturated carbocycles. The Kier molecular flexibility index (Phi) is 2.17. The van der Waals surface area contributed by atoms with Crippen LogP contribution in [0.2, 0.25) is 5.02 Å². The highest BCUT2D eigenvalue weighted by Crippen LogP contribution is 2.51. The first kappa shape index (κ1) is 10.6. The summed E-state index contributed by atoms with van der Waals surface area (Å²) in [4.78, 5) is 11.4. The van der Waals surface area contributed by atoms with Crippen molar-refractivity contribution in [2.45, 2.75) is 18.3 Å². The highest BCUT2D eigenvalue weighted by atomic mass is 35.5. The minimum Gasteiger partial charge on any atom is -0.481 e. The van der Waals surface area contributed by atoms with Crippen LogP contribution in [0.3, 0.4) is 0 Å². The summed E-state index contributed by atoms with van der Waals surface area (Å²) in [5.41, 5.74) is 0.151. The molecule has 17 heavy (non-hydrogen) atoms. The third kappa shape index (κ3) is 1.44. The molecule has 1 N–H and O–H groups in total. The van der Waals surface area contributed by atoms with Gasteiger partial charge in [0.15, 0.2) is 0 Å². The molecular formula is C14H11ClO2. The molecule has 0 atom stereocenters. The molecule has 1 aliphatic rings. The predicted octanol–water partition coefficient (Wildman–Crippen LogP) is 3.61. The topological polar surface area (TPSA) is 37.3 Å². The van der Waals surface area contributed by atoms with Crippen molar-refractivity contribution >= 4 is 28.3 Å². The third-order valence-electron chi connectivity index (χ3n) is 3.53. The molecule has 2 aromatic rings. The molecule has 2 aromatic carbocycles. The van der Waals surface area contributed by atoms with E-state index in [2.05, 4.69) is 0 Å². The number of benzene rings is 2. The normalized spacial score (nSPS) is 17.0. The Labute approximate surface area is 104 Å². The van der Waals surface area contributed by atoms with Crippen molar-refractivity contribution in [3.63, 3.8) is 0 Å². The molecule has 86 valence electrons. The monoisotopic (exact) mass is 246 g/mol. The van der Waals surface area contributed by atoms with E-state index in [9.17, 15) is 9.90 Å². The quantitative estimate of drug-likeness (QED) is 0.879. The Bertz CT molecular complexity index is 609. The van der Waals surface area contributed by atoms with Crippen molar-refractivity contribution in [1.82, 2.24) is 0 Å². The molecule has 0 heterocycles. The first-order chi connectivity index (χ1) is 8.15. The van der Waals surface area contributed by atoms with Crippen LogP contribution in [0.4, 0.5) is 0 Å². The summed E-state index contributed by atoms with van der Waals surface area (Å²) in [5, 5.41) is 11.9. The predicted molar refractivity (Wildman–Crippen MR) is 67.5 cm³/mol. The zero-order chi connectivity index (χ0) is 12.0. The molecule has 0 aromatic heterocycles. The van der Waals surface area contributed by atoms with Crippen LogP contribution in [0.25, 0.3) is 10.8 Å². The van der Waals surface area contributed by atoms with Crippen LogP contribution in [0, 0.1) is 0 Å². The van der Waals surface area contributed by atoms with E-state index in [1.165, 1.54) is 0 Å². The van der Waals surface area contributed by atoms with Crippen LogP contribution in [-0.4, -0.2) is 11.1 Å². The van der Waals surface area contributed by atoms with E-state index in [4.69, 9.17) is 11.6 Å². The lowest BCUT2D eigenvalue weighted by Gasteiger charge is -2.14. The van der Waals surface area contributed by atoms with Crippen LogP contribution in [0.15, 0.2) is 36.4 Å². The first-order valence-corrected chi connectivity index (χ1v) is 5.94. The number of carboxylic acids is 1. The Morgan fingerprint density at radius 3 is 2.41 bits per heavy atom. The largest absolute Gasteiger partial charge is 0.481 e. The Hall–Kier alpha value is -1.54. The second kappa shape index (κ2) is 3.47. The number of carboxylic acid groups (broad SMARTS) is 1. The average molecular weight is 247 g/mol. The number of rotatable bonds is 2. The van der Waals surface area contributed by atoms with Crippen LogP contribution in [0.1, 0.15) is 18.4 Å². The summed E-state index contributed by atoms with van der Waals surface area (Å²) in [6.07, 6.45) is 1.40. The molecule has 3 rings (SSSR count). The summed E-state index contributed by atoms with van der Waals surface area (Å²) in [6, 6.07) is 11.4. The van der Waals surface area contributed by atoms with Gasteiger partial charge in [0.05, 0.1) is 5.41 Å². The fraction of sp³-hybridized carbons (Fsp3) is 0.214. The van der Waals surface area contributed by atoms with E-state index in [-0.39, 0.29) is 0 Å². The fourth-order valence-corrected chi connectivity index (χ4v) is 2.70. The van der Waals surface area contributed by atoms with Crippen LogP contribution < -0.4 is 0 Å². The number of hydrogen-bond acceptors (Lipinski definition) is 1. The van der Waals surface area contributed by atoms with Crippen LogP contribution in [-0.2, 0) is 10.2 Å². The highest BCUT2D eigenvalue weighted by Gasteiger charge is 2.52. The molecule has 0 unspecified atom stereocenters. The molecule has 0 saturated heterocycles. The summed E-state index contributed by atoms with van der Waals surface area (Å²) in [5.74, 6) is -0.745. The smallest absolute Gasteiger partial charge is 0.314 e. The molecular weight excluding hydrogens is 236 g/mol. The van der Waals surface area contributed by atoms with Gasteiger partial charge in [0.1, 0.15) is 0 Å². The van der Waals surface area contributed by atoms with Crippen molar-refractivity contribution in [3.8, 4) is 0 Å². The summed E-state index contributed by atoms with van der Waals surface area (Å²) >= 11 is 6.21. The molecule has 1 fully saturated rings. The molecule has 1 aliphatic carbocycles. The molecule has 0 aliphatic heterocycles. The summed E-state index contributed by atoms with van der Waals surface area (Å²) in [7, 11) is 0. The minimum atomic E-state index is -0.745. The van der Waals surface area contributed by atoms with Gasteiger partial charge in [0, 0.05) is 10.4 Å². The standard InChI is InChI=1S/C14H11ClO2/c15-11-6-2-4-9-3-1-5-10(12(9)11)14(7-8-14)13(16)17/h1-6H,7-8H2,(H,16,17). The first-order valence-electron chi connectivity index (χ1n) is 5.56. The molecule has 0 bridgehead atoms. The van der Waals surface area contributed by atoms with Crippen molar-refractivity contribution < 1.29 is 9.90 Å². The second-order valence-electron chi connectivity index (χ2n) is 4.53. The molecule has 0 amide bonds. The zero-order valence-corrected chi connectivity index (χ0v) is 9.87. The molecule has 3 heteroatoms. The number of halogens is 1. The van der Waals surface area contributed by atoms with E-state index < -0.39 is 11.4 Å². The van der Waals surface area contributed by atoms with Crippen LogP contribution >= 0.6 is 11.6 Å². The third-order valence-corrected chi connectivity index (χ3v) is 3.84. The number of fused-ring (bicyclic) bond motifs is 1. The van der Waals surface area contributed by atoms with Gasteiger partial charge in [0.2, 0.25) is 0 Å². The maximum atomic E-state index is 11.4. The van der Waals surface area contributed by atoms with Gasteiger partial charge in [0.25, 0.3) is 0 Å². The van der Waals surface area contributed by atoms with E-state index in [1.54, 1.807) is 0 Å². The van der Waals surface area contributed by atoms with E-state index in [1.807, 2.05) is 36.4 Å². The van der Waals surface area contributed by atoms with E-state index >= 15 is 0 Å². The SMILES string of the molecule is O=C(O)C1(c2cccc3cccc(Cl)c23)CC1. The Balaban J connectivity index is 2.34. The maximum Gasteiger partial charge on any atom is 0.314 e. The van der Waals surface area contributed by atoms with Gasteiger partial charge in [-0.05, 0) is 29.9 Å². The number of aliphatic carboxylic acids is 1. The van der Waals surface area contributed by atoms with Crippen molar-refractivity contribution in [1.29, 1.82) is 0 Å². The molecule has 0 spiro atoms. The lowest BCUT2D eigenvalue weighted by molar-refractivity contribution is -0.139. The lowest BCUT2D eigenvalue weighted by Crippen LogP contribution is -2.19. The summed E-state index contributed by atoms with van der Waals surface area (Å²) in [6.45, 7) is 0. The Morgan fingerprint density at radius 1 is 1.18 bits per heavy atom. The molecule has 0 radical (unpaired) electrons. The average Bonchev–Trinajstić information content (AvgIpc) is 3.10. The molecule has 2 nitrogen and oxygen atoms in total. The van der Waals surface area contributed by atoms with Crippen molar-refractivity contribution in [2.75, 3.05) is 0 Å². The maximum absolute atomic E-state index is 11.4. The zero-order valence-electron chi connectivity index (χ0n) is 9.11. The lowest BCUT2D eigenvalue weighted by atomic mass is 9.91. The second-order valence-corrected chi connectivity index (χ2v) is 4.94. The fourth-order valence-electron chi connectivity index (χ4n) is 2.42. The minimum absolute atomic E-state index is 0.630. The Morgan fingerprint density at radius 2 is 1.82 bits per heavy atom. The van der Waals surface area contributed by atoms with Crippen molar-refractivity contribution in [3.05, 3.63) is 47.0 Å². The van der Waals surface area contributed by atoms with Gasteiger partial charge in [-0.2, -0.15) is 0 Å².